The molecule has 2 aromatic carbocycles. The topological polar surface area (TPSA) is 60.8 Å². The molecule has 0 aliphatic carbocycles. The lowest BCUT2D eigenvalue weighted by Crippen LogP contribution is -2.36. The van der Waals surface area contributed by atoms with Gasteiger partial charge in [0.1, 0.15) is 0 Å². The predicted octanol–water partition coefficient (Wildman–Crippen LogP) is 2.31. The van der Waals surface area contributed by atoms with Gasteiger partial charge in [0.15, 0.2) is 0 Å². The number of nitrogens with zero attached hydrogens (tertiary/aromatic N) is 1. The number of carbonyl (C=O) groups excluding carboxylic acids is 1. The van der Waals surface area contributed by atoms with Gasteiger partial charge in [0.25, 0.3) is 5.91 Å². The van der Waals surface area contributed by atoms with Crippen LogP contribution in [0.2, 0.25) is 0 Å². The van der Waals surface area contributed by atoms with E-state index in [1.165, 1.54) is 0 Å². The minimum Gasteiger partial charge on any atom is -0.396 e. The highest BCUT2D eigenvalue weighted by Gasteiger charge is 2.34. The van der Waals surface area contributed by atoms with E-state index in [2.05, 4.69) is 0 Å². The van der Waals surface area contributed by atoms with Gasteiger partial charge in [0.05, 0.1) is 6.10 Å². The van der Waals surface area contributed by atoms with Crippen LogP contribution < -0.4 is 0 Å². The molecule has 0 spiro atoms. The zero-order valence-electron chi connectivity index (χ0n) is 12.9. The molecule has 2 N–H and O–H groups in total. The summed E-state index contributed by atoms with van der Waals surface area (Å²) in [6.07, 6.45) is 0.540. The molecule has 3 rings (SSSR count). The Morgan fingerprint density at radius 3 is 2.35 bits per heavy atom. The van der Waals surface area contributed by atoms with Crippen molar-refractivity contribution in [2.45, 2.75) is 25.0 Å². The standard InChI is InChI=1S/C19H21NO3/c21-11-10-17-12-18(22)13-20(17)19(23)16-8-6-15(7-9-16)14-4-2-1-3-5-14/h1-9,17-18,21-22H,10-13H2. The number of carbonyl (C=O) groups is 1. The number of β-amino-alcohol motifs (C(OH)–C–C–N with tert-alkyl or cyclic N) is 1. The number of hydrogen-bond acceptors (Lipinski definition) is 3. The summed E-state index contributed by atoms with van der Waals surface area (Å²) in [5.41, 5.74) is 2.79. The van der Waals surface area contributed by atoms with Gasteiger partial charge in [-0.3, -0.25) is 4.79 Å². The van der Waals surface area contributed by atoms with Crippen LogP contribution in [0.3, 0.4) is 0 Å². The predicted molar refractivity (Wildman–Crippen MR) is 89.0 cm³/mol. The van der Waals surface area contributed by atoms with Gasteiger partial charge in [-0.1, -0.05) is 42.5 Å². The van der Waals surface area contributed by atoms with Gasteiger partial charge in [0.2, 0.25) is 0 Å². The van der Waals surface area contributed by atoms with Crippen molar-refractivity contribution in [3.63, 3.8) is 0 Å². The Morgan fingerprint density at radius 2 is 1.70 bits per heavy atom. The first-order valence-electron chi connectivity index (χ1n) is 7.94. The van der Waals surface area contributed by atoms with E-state index in [1.807, 2.05) is 54.6 Å². The van der Waals surface area contributed by atoms with Crippen LogP contribution in [-0.4, -0.2) is 46.3 Å². The number of aliphatic hydroxyl groups excluding tert-OH is 2. The van der Waals surface area contributed by atoms with Crippen molar-refractivity contribution in [2.75, 3.05) is 13.2 Å². The summed E-state index contributed by atoms with van der Waals surface area (Å²) >= 11 is 0. The minimum atomic E-state index is -0.501. The van der Waals surface area contributed by atoms with Crippen LogP contribution in [0.25, 0.3) is 11.1 Å². The Bertz CT molecular complexity index is 654. The molecule has 1 heterocycles. The molecule has 1 fully saturated rings. The highest BCUT2D eigenvalue weighted by molar-refractivity contribution is 5.95. The monoisotopic (exact) mass is 311 g/mol. The van der Waals surface area contributed by atoms with Crippen LogP contribution in [-0.2, 0) is 0 Å². The Morgan fingerprint density at radius 1 is 1.04 bits per heavy atom. The highest BCUT2D eigenvalue weighted by Crippen LogP contribution is 2.24. The van der Waals surface area contributed by atoms with E-state index in [0.717, 1.165) is 11.1 Å². The lowest BCUT2D eigenvalue weighted by atomic mass is 10.0. The summed E-state index contributed by atoms with van der Waals surface area (Å²) in [7, 11) is 0. The number of hydrogen-bond donors (Lipinski definition) is 2. The van der Waals surface area contributed by atoms with E-state index in [0.29, 0.717) is 24.9 Å². The van der Waals surface area contributed by atoms with Crippen molar-refractivity contribution in [3.8, 4) is 11.1 Å². The summed E-state index contributed by atoms with van der Waals surface area (Å²) in [4.78, 5) is 14.3. The molecule has 23 heavy (non-hydrogen) atoms. The molecule has 1 aliphatic heterocycles. The second-order valence-electron chi connectivity index (χ2n) is 5.96. The fourth-order valence-electron chi connectivity index (χ4n) is 3.17. The molecule has 4 heteroatoms. The zero-order valence-corrected chi connectivity index (χ0v) is 12.9. The molecule has 1 saturated heterocycles. The van der Waals surface area contributed by atoms with Crippen LogP contribution >= 0.6 is 0 Å². The molecule has 0 saturated carbocycles. The van der Waals surface area contributed by atoms with Crippen LogP contribution in [0.4, 0.5) is 0 Å². The van der Waals surface area contributed by atoms with Gasteiger partial charge < -0.3 is 15.1 Å². The van der Waals surface area contributed by atoms with Crippen molar-refractivity contribution < 1.29 is 15.0 Å². The fraction of sp³-hybridized carbons (Fsp3) is 0.316. The quantitative estimate of drug-likeness (QED) is 0.911. The highest BCUT2D eigenvalue weighted by atomic mass is 16.3. The van der Waals surface area contributed by atoms with Gasteiger partial charge in [0, 0.05) is 24.8 Å². The van der Waals surface area contributed by atoms with Crippen LogP contribution in [0, 0.1) is 0 Å². The average molecular weight is 311 g/mol. The van der Waals surface area contributed by atoms with Gasteiger partial charge >= 0.3 is 0 Å². The number of rotatable bonds is 4. The minimum absolute atomic E-state index is 0.0219. The third-order valence-electron chi connectivity index (χ3n) is 4.35. The van der Waals surface area contributed by atoms with Crippen molar-refractivity contribution in [3.05, 3.63) is 60.2 Å². The van der Waals surface area contributed by atoms with Crippen LogP contribution in [0.5, 0.6) is 0 Å². The third kappa shape index (κ3) is 3.44. The third-order valence-corrected chi connectivity index (χ3v) is 4.35. The molecule has 0 aromatic heterocycles. The molecule has 2 unspecified atom stereocenters. The number of aliphatic hydroxyl groups is 2. The van der Waals surface area contributed by atoms with Crippen molar-refractivity contribution >= 4 is 5.91 Å². The van der Waals surface area contributed by atoms with Crippen molar-refractivity contribution in [2.24, 2.45) is 0 Å². The number of likely N-dealkylation sites (tertiary alicyclic amines) is 1. The van der Waals surface area contributed by atoms with E-state index < -0.39 is 6.10 Å². The maximum Gasteiger partial charge on any atom is 0.254 e. The van der Waals surface area contributed by atoms with E-state index in [4.69, 9.17) is 5.11 Å². The zero-order chi connectivity index (χ0) is 16.2. The summed E-state index contributed by atoms with van der Waals surface area (Å²) < 4.78 is 0. The van der Waals surface area contributed by atoms with E-state index in [1.54, 1.807) is 4.90 Å². The normalized spacial score (nSPS) is 20.7. The molecule has 1 amide bonds. The molecule has 2 atom stereocenters. The molecule has 120 valence electrons. The van der Waals surface area contributed by atoms with E-state index in [9.17, 15) is 9.90 Å². The summed E-state index contributed by atoms with van der Waals surface area (Å²) in [5, 5.41) is 18.9. The summed E-state index contributed by atoms with van der Waals surface area (Å²) in [6.45, 7) is 0.359. The summed E-state index contributed by atoms with van der Waals surface area (Å²) in [5.74, 6) is -0.0837. The SMILES string of the molecule is O=C(c1ccc(-c2ccccc2)cc1)N1CC(O)CC1CCO. The van der Waals surface area contributed by atoms with Crippen molar-refractivity contribution in [1.82, 2.24) is 4.90 Å². The largest absolute Gasteiger partial charge is 0.396 e. The second-order valence-corrected chi connectivity index (χ2v) is 5.96. The van der Waals surface area contributed by atoms with Gasteiger partial charge in [-0.2, -0.15) is 0 Å². The van der Waals surface area contributed by atoms with Crippen molar-refractivity contribution in [1.29, 1.82) is 0 Å². The smallest absolute Gasteiger partial charge is 0.254 e. The molecular weight excluding hydrogens is 290 g/mol. The maximum absolute atomic E-state index is 12.7. The van der Waals surface area contributed by atoms with Gasteiger partial charge in [-0.25, -0.2) is 0 Å². The van der Waals surface area contributed by atoms with E-state index >= 15 is 0 Å². The Kier molecular flexibility index (Phi) is 4.74. The first kappa shape index (κ1) is 15.7. The maximum atomic E-state index is 12.7. The Labute approximate surface area is 136 Å². The molecule has 2 aromatic rings. The van der Waals surface area contributed by atoms with Gasteiger partial charge in [-0.05, 0) is 36.1 Å². The first-order valence-corrected chi connectivity index (χ1v) is 7.94. The fourth-order valence-corrected chi connectivity index (χ4v) is 3.17. The lowest BCUT2D eigenvalue weighted by Gasteiger charge is -2.24. The molecule has 4 nitrogen and oxygen atoms in total. The lowest BCUT2D eigenvalue weighted by molar-refractivity contribution is 0.0699. The van der Waals surface area contributed by atoms with Crippen LogP contribution in [0.15, 0.2) is 54.6 Å². The average Bonchev–Trinajstić information content (AvgIpc) is 2.96. The Hall–Kier alpha value is -2.17. The Balaban J connectivity index is 1.77. The first-order chi connectivity index (χ1) is 11.2. The van der Waals surface area contributed by atoms with Gasteiger partial charge in [-0.15, -0.1) is 0 Å². The molecule has 0 radical (unpaired) electrons. The molecular formula is C19H21NO3. The molecule has 0 bridgehead atoms. The van der Waals surface area contributed by atoms with Crippen LogP contribution in [0.1, 0.15) is 23.2 Å². The second kappa shape index (κ2) is 6.94. The van der Waals surface area contributed by atoms with E-state index in [-0.39, 0.29) is 18.6 Å². The number of benzene rings is 2. The molecule has 1 aliphatic rings. The summed E-state index contributed by atoms with van der Waals surface area (Å²) in [6, 6.07) is 17.5. The number of amides is 1.